The van der Waals surface area contributed by atoms with E-state index in [9.17, 15) is 4.79 Å². The van der Waals surface area contributed by atoms with Crippen LogP contribution in [-0.4, -0.2) is 6.29 Å². The molecular weight excluding hydrogens is 132 g/mol. The molecule has 0 bridgehead atoms. The Bertz CT molecular complexity index is 254. The fourth-order valence-corrected chi connectivity index (χ4v) is 1.14. The van der Waals surface area contributed by atoms with E-state index in [0.29, 0.717) is 4.88 Å². The van der Waals surface area contributed by atoms with E-state index in [1.54, 1.807) is 11.4 Å². The van der Waals surface area contributed by atoms with Crippen molar-refractivity contribution >= 4 is 17.6 Å². The number of aldehydes is 1. The molecule has 0 fully saturated rings. The van der Waals surface area contributed by atoms with Crippen molar-refractivity contribution in [1.82, 2.24) is 0 Å². The first kappa shape index (κ1) is 6.06. The second-order valence-corrected chi connectivity index (χ2v) is 2.44. The first-order chi connectivity index (χ1) is 4.36. The van der Waals surface area contributed by atoms with Crippen LogP contribution in [0.25, 0.3) is 0 Å². The minimum atomic E-state index is 0.683. The van der Waals surface area contributed by atoms with Gasteiger partial charge in [0.05, 0.1) is 4.88 Å². The highest BCUT2D eigenvalue weighted by atomic mass is 32.1. The van der Waals surface area contributed by atoms with Crippen molar-refractivity contribution in [2.45, 2.75) is 0 Å². The molecule has 1 rings (SSSR count). The topological polar surface area (TPSA) is 17.1 Å². The average molecular weight is 136 g/mol. The smallest absolute Gasteiger partial charge is 0.160 e. The van der Waals surface area contributed by atoms with Gasteiger partial charge >= 0.3 is 0 Å². The second-order valence-electron chi connectivity index (χ2n) is 1.50. The van der Waals surface area contributed by atoms with Gasteiger partial charge in [0, 0.05) is 10.9 Å². The molecule has 0 aliphatic heterocycles. The van der Waals surface area contributed by atoms with E-state index in [1.165, 1.54) is 11.3 Å². The Kier molecular flexibility index (Phi) is 1.66. The molecule has 1 aromatic rings. The Morgan fingerprint density at radius 2 is 2.56 bits per heavy atom. The van der Waals surface area contributed by atoms with Crippen LogP contribution in [0.5, 0.6) is 0 Å². The number of hydrogen-bond acceptors (Lipinski definition) is 2. The van der Waals surface area contributed by atoms with Gasteiger partial charge in [0.2, 0.25) is 0 Å². The summed E-state index contributed by atoms with van der Waals surface area (Å²) in [6, 6.07) is 1.69. The molecule has 44 valence electrons. The van der Waals surface area contributed by atoms with Crippen molar-refractivity contribution < 1.29 is 4.79 Å². The molecule has 0 radical (unpaired) electrons. The van der Waals surface area contributed by atoms with Crippen LogP contribution in [-0.2, 0) is 0 Å². The van der Waals surface area contributed by atoms with E-state index in [1.807, 2.05) is 0 Å². The summed E-state index contributed by atoms with van der Waals surface area (Å²) in [7, 11) is 0. The molecule has 0 spiro atoms. The first-order valence-corrected chi connectivity index (χ1v) is 3.25. The summed E-state index contributed by atoms with van der Waals surface area (Å²) >= 11 is 1.36. The van der Waals surface area contributed by atoms with Gasteiger partial charge in [-0.2, -0.15) is 0 Å². The zero-order valence-electron chi connectivity index (χ0n) is 4.63. The zero-order valence-corrected chi connectivity index (χ0v) is 5.44. The van der Waals surface area contributed by atoms with Crippen molar-refractivity contribution in [3.8, 4) is 12.3 Å². The molecule has 0 saturated carbocycles. The number of carbonyl (C=O) groups is 1. The van der Waals surface area contributed by atoms with Gasteiger partial charge in [0.1, 0.15) is 0 Å². The number of hydrogen-bond donors (Lipinski definition) is 0. The summed E-state index contributed by atoms with van der Waals surface area (Å²) in [6.45, 7) is 0. The fourth-order valence-electron chi connectivity index (χ4n) is 0.490. The molecule has 9 heavy (non-hydrogen) atoms. The van der Waals surface area contributed by atoms with Crippen molar-refractivity contribution in [2.75, 3.05) is 0 Å². The van der Waals surface area contributed by atoms with Gasteiger partial charge < -0.3 is 0 Å². The Morgan fingerprint density at radius 3 is 2.89 bits per heavy atom. The lowest BCUT2D eigenvalue weighted by Gasteiger charge is -1.70. The van der Waals surface area contributed by atoms with Gasteiger partial charge in [0.25, 0.3) is 0 Å². The standard InChI is InChI=1S/C7H4OS/c1-2-6-3-7(4-8)9-5-6/h1,3-5H. The molecule has 0 amide bonds. The monoisotopic (exact) mass is 136 g/mol. The summed E-state index contributed by atoms with van der Waals surface area (Å²) in [5.74, 6) is 2.43. The highest BCUT2D eigenvalue weighted by molar-refractivity contribution is 7.11. The minimum absolute atomic E-state index is 0.683. The second kappa shape index (κ2) is 2.47. The van der Waals surface area contributed by atoms with E-state index < -0.39 is 0 Å². The Hall–Kier alpha value is -1.07. The predicted octanol–water partition coefficient (Wildman–Crippen LogP) is 1.54. The van der Waals surface area contributed by atoms with Gasteiger partial charge in [-0.1, -0.05) is 5.92 Å². The zero-order chi connectivity index (χ0) is 6.69. The summed E-state index contributed by atoms with van der Waals surface area (Å²) in [6.07, 6.45) is 5.86. The summed E-state index contributed by atoms with van der Waals surface area (Å²) in [5.41, 5.74) is 0.780. The maximum Gasteiger partial charge on any atom is 0.160 e. The normalized spacial score (nSPS) is 8.33. The molecular formula is C7H4OS. The number of rotatable bonds is 1. The molecule has 2 heteroatoms. The molecule has 0 N–H and O–H groups in total. The molecule has 0 aliphatic rings. The highest BCUT2D eigenvalue weighted by Crippen LogP contribution is 2.10. The Balaban J connectivity index is 3.03. The summed E-state index contributed by atoms with van der Waals surface area (Å²) in [4.78, 5) is 10.8. The Morgan fingerprint density at radius 1 is 1.78 bits per heavy atom. The van der Waals surface area contributed by atoms with E-state index in [2.05, 4.69) is 5.92 Å². The van der Waals surface area contributed by atoms with E-state index in [4.69, 9.17) is 6.42 Å². The van der Waals surface area contributed by atoms with Crippen molar-refractivity contribution in [3.05, 3.63) is 21.9 Å². The third kappa shape index (κ3) is 1.18. The minimum Gasteiger partial charge on any atom is -0.297 e. The lowest BCUT2D eigenvalue weighted by atomic mass is 10.3. The molecule has 0 aliphatic carbocycles. The van der Waals surface area contributed by atoms with Gasteiger partial charge in [-0.3, -0.25) is 4.79 Å². The van der Waals surface area contributed by atoms with Crippen LogP contribution in [0.4, 0.5) is 0 Å². The molecule has 0 saturated heterocycles. The van der Waals surface area contributed by atoms with Crippen LogP contribution in [0, 0.1) is 12.3 Å². The molecule has 0 unspecified atom stereocenters. The first-order valence-electron chi connectivity index (χ1n) is 2.37. The van der Waals surface area contributed by atoms with Gasteiger partial charge in [-0.15, -0.1) is 17.8 Å². The Labute approximate surface area is 57.3 Å². The van der Waals surface area contributed by atoms with Gasteiger partial charge in [-0.05, 0) is 6.07 Å². The van der Waals surface area contributed by atoms with E-state index in [-0.39, 0.29) is 0 Å². The fraction of sp³-hybridized carbons (Fsp3) is 0. The highest BCUT2D eigenvalue weighted by Gasteiger charge is 1.92. The maximum atomic E-state index is 10.1. The van der Waals surface area contributed by atoms with Crippen LogP contribution in [0.15, 0.2) is 11.4 Å². The van der Waals surface area contributed by atoms with Gasteiger partial charge in [0.15, 0.2) is 6.29 Å². The van der Waals surface area contributed by atoms with Crippen LogP contribution < -0.4 is 0 Å². The molecule has 1 aromatic heterocycles. The van der Waals surface area contributed by atoms with Crippen molar-refractivity contribution in [2.24, 2.45) is 0 Å². The van der Waals surface area contributed by atoms with Crippen LogP contribution in [0.3, 0.4) is 0 Å². The quantitative estimate of drug-likeness (QED) is 0.423. The third-order valence-electron chi connectivity index (χ3n) is 0.903. The third-order valence-corrected chi connectivity index (χ3v) is 1.76. The number of terminal acetylenes is 1. The number of thiophene rings is 1. The van der Waals surface area contributed by atoms with Crippen molar-refractivity contribution in [3.63, 3.8) is 0 Å². The van der Waals surface area contributed by atoms with Crippen molar-refractivity contribution in [1.29, 1.82) is 0 Å². The molecule has 0 aromatic carbocycles. The SMILES string of the molecule is C#Cc1csc(C=O)c1. The summed E-state index contributed by atoms with van der Waals surface area (Å²) < 4.78 is 0. The van der Waals surface area contributed by atoms with Crippen LogP contribution in [0.1, 0.15) is 15.2 Å². The maximum absolute atomic E-state index is 10.1. The lowest BCUT2D eigenvalue weighted by Crippen LogP contribution is -1.65. The van der Waals surface area contributed by atoms with E-state index >= 15 is 0 Å². The van der Waals surface area contributed by atoms with Crippen LogP contribution >= 0.6 is 11.3 Å². The van der Waals surface area contributed by atoms with Crippen LogP contribution in [0.2, 0.25) is 0 Å². The molecule has 0 atom stereocenters. The lowest BCUT2D eigenvalue weighted by molar-refractivity contribution is 0.112. The molecule has 1 nitrogen and oxygen atoms in total. The molecule has 1 heterocycles. The number of carbonyl (C=O) groups excluding carboxylic acids is 1. The summed E-state index contributed by atoms with van der Waals surface area (Å²) in [5, 5.41) is 1.78. The van der Waals surface area contributed by atoms with E-state index in [0.717, 1.165) is 11.8 Å². The van der Waals surface area contributed by atoms with Gasteiger partial charge in [-0.25, -0.2) is 0 Å². The average Bonchev–Trinajstić information content (AvgIpc) is 2.34. The largest absolute Gasteiger partial charge is 0.297 e. The predicted molar refractivity (Wildman–Crippen MR) is 37.6 cm³/mol.